The molecule has 0 aliphatic carbocycles. The van der Waals surface area contributed by atoms with Crippen molar-refractivity contribution in [2.24, 2.45) is 5.73 Å². The molecule has 2 aromatic rings. The van der Waals surface area contributed by atoms with Crippen LogP contribution in [0.15, 0.2) is 54.6 Å². The molecule has 1 heterocycles. The molecule has 6 heteroatoms. The number of hydrogen-bond acceptors (Lipinski definition) is 3. The molecular formula is C22H24N2O4. The van der Waals surface area contributed by atoms with Crippen LogP contribution >= 0.6 is 0 Å². The zero-order valence-electron chi connectivity index (χ0n) is 15.6. The first-order valence-corrected chi connectivity index (χ1v) is 9.38. The highest BCUT2D eigenvalue weighted by molar-refractivity contribution is 5.88. The SMILES string of the molecule is NC(=O)C1(c2ccccc2)CCN(C(=O)CCc2ccc(C(=O)O)cc2)CC1. The highest BCUT2D eigenvalue weighted by Crippen LogP contribution is 2.35. The third-order valence-electron chi connectivity index (χ3n) is 5.60. The van der Waals surface area contributed by atoms with Crippen LogP contribution in [0.3, 0.4) is 0 Å². The lowest BCUT2D eigenvalue weighted by Gasteiger charge is -2.40. The molecule has 1 aliphatic rings. The van der Waals surface area contributed by atoms with Gasteiger partial charge in [-0.05, 0) is 42.5 Å². The molecule has 146 valence electrons. The normalized spacial score (nSPS) is 15.8. The molecule has 28 heavy (non-hydrogen) atoms. The number of rotatable bonds is 6. The van der Waals surface area contributed by atoms with Crippen LogP contribution in [0.1, 0.15) is 40.7 Å². The summed E-state index contributed by atoms with van der Waals surface area (Å²) < 4.78 is 0. The van der Waals surface area contributed by atoms with Gasteiger partial charge in [-0.1, -0.05) is 42.5 Å². The fraction of sp³-hybridized carbons (Fsp3) is 0.318. The van der Waals surface area contributed by atoms with Crippen molar-refractivity contribution in [1.82, 2.24) is 4.90 Å². The molecule has 3 rings (SSSR count). The lowest BCUT2D eigenvalue weighted by atomic mass is 9.72. The number of carboxylic acid groups (broad SMARTS) is 1. The van der Waals surface area contributed by atoms with E-state index in [1.54, 1.807) is 29.2 Å². The van der Waals surface area contributed by atoms with Gasteiger partial charge in [0.05, 0.1) is 11.0 Å². The van der Waals surface area contributed by atoms with E-state index in [-0.39, 0.29) is 17.4 Å². The van der Waals surface area contributed by atoms with E-state index in [1.807, 2.05) is 30.3 Å². The Morgan fingerprint density at radius 2 is 1.57 bits per heavy atom. The van der Waals surface area contributed by atoms with Crippen molar-refractivity contribution >= 4 is 17.8 Å². The van der Waals surface area contributed by atoms with E-state index in [0.29, 0.717) is 38.8 Å². The Balaban J connectivity index is 1.58. The number of likely N-dealkylation sites (tertiary alicyclic amines) is 1. The summed E-state index contributed by atoms with van der Waals surface area (Å²) in [6.45, 7) is 0.989. The number of aromatic carboxylic acids is 1. The van der Waals surface area contributed by atoms with Gasteiger partial charge >= 0.3 is 5.97 Å². The Morgan fingerprint density at radius 1 is 0.964 bits per heavy atom. The number of carbonyl (C=O) groups excluding carboxylic acids is 2. The third kappa shape index (κ3) is 4.06. The fourth-order valence-corrected chi connectivity index (χ4v) is 3.80. The van der Waals surface area contributed by atoms with Crippen molar-refractivity contribution in [3.63, 3.8) is 0 Å². The van der Waals surface area contributed by atoms with Crippen LogP contribution < -0.4 is 5.73 Å². The van der Waals surface area contributed by atoms with Crippen LogP contribution in [0, 0.1) is 0 Å². The van der Waals surface area contributed by atoms with Crippen molar-refractivity contribution in [3.05, 3.63) is 71.3 Å². The van der Waals surface area contributed by atoms with Gasteiger partial charge in [0.15, 0.2) is 0 Å². The second kappa shape index (κ2) is 8.25. The van der Waals surface area contributed by atoms with Gasteiger partial charge in [0.25, 0.3) is 0 Å². The second-order valence-electron chi connectivity index (χ2n) is 7.20. The molecule has 0 atom stereocenters. The summed E-state index contributed by atoms with van der Waals surface area (Å²) in [7, 11) is 0. The summed E-state index contributed by atoms with van der Waals surface area (Å²) in [6.07, 6.45) is 1.94. The molecule has 0 spiro atoms. The summed E-state index contributed by atoms with van der Waals surface area (Å²) >= 11 is 0. The van der Waals surface area contributed by atoms with E-state index in [1.165, 1.54) is 0 Å². The lowest BCUT2D eigenvalue weighted by Crippen LogP contribution is -2.51. The van der Waals surface area contributed by atoms with Gasteiger partial charge in [0.1, 0.15) is 0 Å². The second-order valence-corrected chi connectivity index (χ2v) is 7.20. The monoisotopic (exact) mass is 380 g/mol. The van der Waals surface area contributed by atoms with Crippen LogP contribution in [0.4, 0.5) is 0 Å². The molecule has 2 aromatic carbocycles. The van der Waals surface area contributed by atoms with Crippen molar-refractivity contribution in [3.8, 4) is 0 Å². The number of primary amides is 1. The average molecular weight is 380 g/mol. The molecule has 3 N–H and O–H groups in total. The van der Waals surface area contributed by atoms with E-state index in [9.17, 15) is 14.4 Å². The smallest absolute Gasteiger partial charge is 0.335 e. The molecule has 0 bridgehead atoms. The van der Waals surface area contributed by atoms with Crippen LogP contribution in [0.2, 0.25) is 0 Å². The quantitative estimate of drug-likeness (QED) is 0.803. The van der Waals surface area contributed by atoms with Crippen molar-refractivity contribution < 1.29 is 19.5 Å². The zero-order valence-corrected chi connectivity index (χ0v) is 15.6. The average Bonchev–Trinajstić information content (AvgIpc) is 2.73. The third-order valence-corrected chi connectivity index (χ3v) is 5.60. The molecule has 2 amide bonds. The summed E-state index contributed by atoms with van der Waals surface area (Å²) in [5.74, 6) is -1.27. The minimum Gasteiger partial charge on any atom is -0.478 e. The van der Waals surface area contributed by atoms with Crippen molar-refractivity contribution in [2.45, 2.75) is 31.1 Å². The Morgan fingerprint density at radius 3 is 2.11 bits per heavy atom. The number of benzene rings is 2. The predicted octanol–water partition coefficient (Wildman–Crippen LogP) is 2.36. The van der Waals surface area contributed by atoms with Gasteiger partial charge < -0.3 is 15.7 Å². The van der Waals surface area contributed by atoms with E-state index in [4.69, 9.17) is 10.8 Å². The van der Waals surface area contributed by atoms with Crippen molar-refractivity contribution in [2.75, 3.05) is 13.1 Å². The first kappa shape index (κ1) is 19.6. The Kier molecular flexibility index (Phi) is 5.78. The number of carbonyl (C=O) groups is 3. The summed E-state index contributed by atoms with van der Waals surface area (Å²) in [5.41, 5.74) is 7.09. The maximum absolute atomic E-state index is 12.6. The first-order chi connectivity index (χ1) is 13.4. The maximum Gasteiger partial charge on any atom is 0.335 e. The molecule has 1 fully saturated rings. The number of carboxylic acids is 1. The van der Waals surface area contributed by atoms with Crippen LogP contribution in [0.5, 0.6) is 0 Å². The molecule has 1 aliphatic heterocycles. The van der Waals surface area contributed by atoms with E-state index < -0.39 is 11.4 Å². The van der Waals surface area contributed by atoms with Gasteiger partial charge in [0.2, 0.25) is 11.8 Å². The number of nitrogens with two attached hydrogens (primary N) is 1. The molecule has 1 saturated heterocycles. The minimum atomic E-state index is -0.965. The van der Waals surface area contributed by atoms with E-state index >= 15 is 0 Å². The van der Waals surface area contributed by atoms with Gasteiger partial charge in [0, 0.05) is 19.5 Å². The molecule has 6 nitrogen and oxygen atoms in total. The predicted molar refractivity (Wildman–Crippen MR) is 105 cm³/mol. The van der Waals surface area contributed by atoms with Gasteiger partial charge in [-0.25, -0.2) is 4.79 Å². The van der Waals surface area contributed by atoms with Crippen molar-refractivity contribution in [1.29, 1.82) is 0 Å². The number of amides is 2. The zero-order chi connectivity index (χ0) is 20.1. The lowest BCUT2D eigenvalue weighted by molar-refractivity contribution is -0.135. The van der Waals surface area contributed by atoms with Gasteiger partial charge in [-0.3, -0.25) is 9.59 Å². The number of aryl methyl sites for hydroxylation is 1. The van der Waals surface area contributed by atoms with E-state index in [2.05, 4.69) is 0 Å². The Bertz CT molecular complexity index is 854. The summed E-state index contributed by atoms with van der Waals surface area (Å²) in [5, 5.41) is 8.93. The highest BCUT2D eigenvalue weighted by Gasteiger charge is 2.42. The summed E-state index contributed by atoms with van der Waals surface area (Å²) in [6, 6.07) is 16.1. The molecule has 0 saturated carbocycles. The fourth-order valence-electron chi connectivity index (χ4n) is 3.80. The molecular weight excluding hydrogens is 356 g/mol. The van der Waals surface area contributed by atoms with Crippen LogP contribution in [-0.2, 0) is 21.4 Å². The molecule has 0 unspecified atom stereocenters. The number of nitrogens with zero attached hydrogens (tertiary/aromatic N) is 1. The first-order valence-electron chi connectivity index (χ1n) is 9.38. The highest BCUT2D eigenvalue weighted by atomic mass is 16.4. The van der Waals surface area contributed by atoms with Crippen LogP contribution in [0.25, 0.3) is 0 Å². The Labute approximate surface area is 164 Å². The Hall–Kier alpha value is -3.15. The van der Waals surface area contributed by atoms with Gasteiger partial charge in [-0.15, -0.1) is 0 Å². The topological polar surface area (TPSA) is 101 Å². The minimum absolute atomic E-state index is 0.0356. The molecule has 0 aromatic heterocycles. The van der Waals surface area contributed by atoms with E-state index in [0.717, 1.165) is 11.1 Å². The number of piperidine rings is 1. The van der Waals surface area contributed by atoms with Gasteiger partial charge in [-0.2, -0.15) is 0 Å². The summed E-state index contributed by atoms with van der Waals surface area (Å²) in [4.78, 5) is 37.5. The van der Waals surface area contributed by atoms with Crippen LogP contribution in [-0.4, -0.2) is 40.9 Å². The maximum atomic E-state index is 12.6. The largest absolute Gasteiger partial charge is 0.478 e. The molecule has 0 radical (unpaired) electrons. The number of hydrogen-bond donors (Lipinski definition) is 2. The standard InChI is InChI=1S/C22H24N2O4/c23-21(28)22(18-4-2-1-3-5-18)12-14-24(15-13-22)19(25)11-8-16-6-9-17(10-7-16)20(26)27/h1-7,9-10H,8,11-15H2,(H2,23,28)(H,26,27).